The first-order valence-electron chi connectivity index (χ1n) is 8.45. The lowest BCUT2D eigenvalue weighted by atomic mass is 10.0. The quantitative estimate of drug-likeness (QED) is 0.714. The predicted octanol–water partition coefficient (Wildman–Crippen LogP) is 1.07. The lowest BCUT2D eigenvalue weighted by Gasteiger charge is -2.34. The van der Waals surface area contributed by atoms with Gasteiger partial charge in [0, 0.05) is 25.3 Å². The molecule has 3 rings (SSSR count). The number of aromatic amines is 1. The first-order valence-corrected chi connectivity index (χ1v) is 9.33. The molecular weight excluding hydrogens is 340 g/mol. The van der Waals surface area contributed by atoms with Crippen LogP contribution in [0.1, 0.15) is 29.6 Å². The molecule has 134 valence electrons. The van der Waals surface area contributed by atoms with E-state index in [1.54, 1.807) is 0 Å². The Morgan fingerprint density at radius 3 is 3.08 bits per heavy atom. The molecule has 0 bridgehead atoms. The molecule has 2 aromatic heterocycles. The SMILES string of the molecule is O=C(NCCN1CCCC[C@H]1CO)c1cnc(-c2cccs2)[nH]c1=O. The Kier molecular flexibility index (Phi) is 5.95. The normalized spacial score (nSPS) is 18.2. The molecule has 1 saturated heterocycles. The van der Waals surface area contributed by atoms with Crippen LogP contribution in [0.3, 0.4) is 0 Å². The molecule has 0 unspecified atom stereocenters. The molecule has 25 heavy (non-hydrogen) atoms. The third-order valence-corrected chi connectivity index (χ3v) is 5.32. The smallest absolute Gasteiger partial charge is 0.264 e. The molecule has 8 heteroatoms. The summed E-state index contributed by atoms with van der Waals surface area (Å²) in [6, 6.07) is 3.90. The van der Waals surface area contributed by atoms with Gasteiger partial charge in [0.05, 0.1) is 11.5 Å². The van der Waals surface area contributed by atoms with Crippen molar-refractivity contribution in [3.05, 3.63) is 39.6 Å². The second-order valence-electron chi connectivity index (χ2n) is 6.08. The number of thiophene rings is 1. The lowest BCUT2D eigenvalue weighted by molar-refractivity contribution is 0.0848. The number of likely N-dealkylation sites (tertiary alicyclic amines) is 1. The van der Waals surface area contributed by atoms with Crippen molar-refractivity contribution in [2.24, 2.45) is 0 Å². The number of piperidine rings is 1. The minimum atomic E-state index is -0.442. The van der Waals surface area contributed by atoms with E-state index in [-0.39, 0.29) is 18.2 Å². The highest BCUT2D eigenvalue weighted by atomic mass is 32.1. The van der Waals surface area contributed by atoms with Crippen LogP contribution in [-0.4, -0.2) is 58.2 Å². The van der Waals surface area contributed by atoms with Gasteiger partial charge >= 0.3 is 0 Å². The van der Waals surface area contributed by atoms with E-state index >= 15 is 0 Å². The summed E-state index contributed by atoms with van der Waals surface area (Å²) < 4.78 is 0. The number of amides is 1. The van der Waals surface area contributed by atoms with Gasteiger partial charge in [-0.1, -0.05) is 12.5 Å². The summed E-state index contributed by atoms with van der Waals surface area (Å²) in [5, 5.41) is 14.1. The maximum Gasteiger partial charge on any atom is 0.264 e. The second kappa shape index (κ2) is 8.37. The van der Waals surface area contributed by atoms with Crippen molar-refractivity contribution in [3.63, 3.8) is 0 Å². The molecule has 1 aliphatic rings. The summed E-state index contributed by atoms with van der Waals surface area (Å²) in [6.45, 7) is 2.16. The van der Waals surface area contributed by atoms with Crippen LogP contribution >= 0.6 is 11.3 Å². The van der Waals surface area contributed by atoms with Crippen LogP contribution < -0.4 is 10.9 Å². The zero-order valence-electron chi connectivity index (χ0n) is 13.9. The number of nitrogens with one attached hydrogen (secondary N) is 2. The monoisotopic (exact) mass is 362 g/mol. The average Bonchev–Trinajstić information content (AvgIpc) is 3.16. The van der Waals surface area contributed by atoms with Gasteiger partial charge < -0.3 is 15.4 Å². The summed E-state index contributed by atoms with van der Waals surface area (Å²) in [5.74, 6) is 0.0414. The number of aromatic nitrogens is 2. The summed E-state index contributed by atoms with van der Waals surface area (Å²) in [5.41, 5.74) is -0.431. The number of nitrogens with zero attached hydrogens (tertiary/aromatic N) is 2. The Morgan fingerprint density at radius 1 is 1.48 bits per heavy atom. The van der Waals surface area contributed by atoms with E-state index in [1.165, 1.54) is 17.5 Å². The van der Waals surface area contributed by atoms with Gasteiger partial charge in [-0.15, -0.1) is 11.3 Å². The molecule has 0 aromatic carbocycles. The van der Waals surface area contributed by atoms with E-state index in [0.717, 1.165) is 30.7 Å². The molecule has 3 heterocycles. The number of carbonyl (C=O) groups is 1. The maximum atomic E-state index is 12.2. The maximum absolute atomic E-state index is 12.2. The van der Waals surface area contributed by atoms with Crippen molar-refractivity contribution in [3.8, 4) is 10.7 Å². The standard InChI is InChI=1S/C17H22N4O3S/c22-11-12-4-1-2-7-21(12)8-6-18-16(23)13-10-19-15(20-17(13)24)14-5-3-9-25-14/h3,5,9-10,12,22H,1-2,4,6-8,11H2,(H,18,23)(H,19,20,24)/t12-/m0/s1. The average molecular weight is 362 g/mol. The van der Waals surface area contributed by atoms with E-state index in [0.29, 0.717) is 18.9 Å². The van der Waals surface area contributed by atoms with Gasteiger partial charge in [0.15, 0.2) is 0 Å². The van der Waals surface area contributed by atoms with Gasteiger partial charge in [-0.05, 0) is 30.8 Å². The summed E-state index contributed by atoms with van der Waals surface area (Å²) in [4.78, 5) is 34.2. The number of H-pyrrole nitrogens is 1. The number of aliphatic hydroxyl groups excluding tert-OH is 1. The van der Waals surface area contributed by atoms with Crippen molar-refractivity contribution in [2.45, 2.75) is 25.3 Å². The Balaban J connectivity index is 1.57. The van der Waals surface area contributed by atoms with E-state index in [2.05, 4.69) is 20.2 Å². The highest BCUT2D eigenvalue weighted by molar-refractivity contribution is 7.13. The zero-order valence-corrected chi connectivity index (χ0v) is 14.7. The molecule has 1 amide bonds. The fourth-order valence-electron chi connectivity index (χ4n) is 3.06. The third kappa shape index (κ3) is 4.33. The van der Waals surface area contributed by atoms with Gasteiger partial charge in [-0.3, -0.25) is 14.5 Å². The minimum Gasteiger partial charge on any atom is -0.395 e. The molecule has 0 spiro atoms. The third-order valence-electron chi connectivity index (χ3n) is 4.44. The highest BCUT2D eigenvalue weighted by Gasteiger charge is 2.21. The predicted molar refractivity (Wildman–Crippen MR) is 96.8 cm³/mol. The first-order chi connectivity index (χ1) is 12.2. The van der Waals surface area contributed by atoms with Gasteiger partial charge in [-0.25, -0.2) is 4.98 Å². The first kappa shape index (κ1) is 17.8. The van der Waals surface area contributed by atoms with Crippen molar-refractivity contribution in [1.82, 2.24) is 20.2 Å². The molecule has 3 N–H and O–H groups in total. The summed E-state index contributed by atoms with van der Waals surface area (Å²) in [7, 11) is 0. The van der Waals surface area contributed by atoms with Crippen molar-refractivity contribution >= 4 is 17.2 Å². The molecule has 0 aliphatic carbocycles. The van der Waals surface area contributed by atoms with E-state index in [1.807, 2.05) is 17.5 Å². The number of aliphatic hydroxyl groups is 1. The highest BCUT2D eigenvalue weighted by Crippen LogP contribution is 2.19. The van der Waals surface area contributed by atoms with Gasteiger partial charge in [0.1, 0.15) is 11.4 Å². The molecular formula is C17H22N4O3S. The van der Waals surface area contributed by atoms with Crippen LogP contribution in [0.5, 0.6) is 0 Å². The fraction of sp³-hybridized carbons (Fsp3) is 0.471. The Labute approximate surface area is 149 Å². The number of hydrogen-bond acceptors (Lipinski definition) is 6. The second-order valence-corrected chi connectivity index (χ2v) is 7.02. The number of hydrogen-bond donors (Lipinski definition) is 3. The fourth-order valence-corrected chi connectivity index (χ4v) is 3.74. The molecule has 7 nitrogen and oxygen atoms in total. The van der Waals surface area contributed by atoms with Crippen LogP contribution in [0.2, 0.25) is 0 Å². The number of carbonyl (C=O) groups excluding carboxylic acids is 1. The molecule has 1 fully saturated rings. The lowest BCUT2D eigenvalue weighted by Crippen LogP contribution is -2.45. The molecule has 1 atom stereocenters. The molecule has 1 aliphatic heterocycles. The van der Waals surface area contributed by atoms with Crippen LogP contribution in [0.25, 0.3) is 10.7 Å². The van der Waals surface area contributed by atoms with Gasteiger partial charge in [0.25, 0.3) is 11.5 Å². The van der Waals surface area contributed by atoms with Gasteiger partial charge in [-0.2, -0.15) is 0 Å². The van der Waals surface area contributed by atoms with E-state index in [9.17, 15) is 14.7 Å². The van der Waals surface area contributed by atoms with Crippen LogP contribution in [0.15, 0.2) is 28.5 Å². The number of rotatable bonds is 6. The van der Waals surface area contributed by atoms with Crippen LogP contribution in [0.4, 0.5) is 0 Å². The van der Waals surface area contributed by atoms with Crippen LogP contribution in [0, 0.1) is 0 Å². The van der Waals surface area contributed by atoms with Gasteiger partial charge in [0.2, 0.25) is 0 Å². The van der Waals surface area contributed by atoms with E-state index < -0.39 is 11.5 Å². The molecule has 2 aromatic rings. The summed E-state index contributed by atoms with van der Waals surface area (Å²) in [6.07, 6.45) is 4.54. The summed E-state index contributed by atoms with van der Waals surface area (Å²) >= 11 is 1.47. The van der Waals surface area contributed by atoms with Crippen molar-refractivity contribution in [1.29, 1.82) is 0 Å². The molecule has 0 saturated carbocycles. The zero-order chi connectivity index (χ0) is 17.6. The molecule has 0 radical (unpaired) electrons. The van der Waals surface area contributed by atoms with Crippen molar-refractivity contribution < 1.29 is 9.90 Å². The topological polar surface area (TPSA) is 98.3 Å². The largest absolute Gasteiger partial charge is 0.395 e. The van der Waals surface area contributed by atoms with Crippen LogP contribution in [-0.2, 0) is 0 Å². The Hall–Kier alpha value is -2.03. The van der Waals surface area contributed by atoms with Crippen molar-refractivity contribution in [2.75, 3.05) is 26.2 Å². The minimum absolute atomic E-state index is 0.0117. The Bertz CT molecular complexity index is 760. The Morgan fingerprint density at radius 2 is 2.36 bits per heavy atom. The van der Waals surface area contributed by atoms with E-state index in [4.69, 9.17) is 0 Å².